The quantitative estimate of drug-likeness (QED) is 0.231. The summed E-state index contributed by atoms with van der Waals surface area (Å²) < 4.78 is 2.30. The van der Waals surface area contributed by atoms with Crippen LogP contribution in [0.25, 0.3) is 49.7 Å². The monoisotopic (exact) mass is 516 g/mol. The molecule has 3 heteroatoms. The first-order valence-electron chi connectivity index (χ1n) is 13.5. The summed E-state index contributed by atoms with van der Waals surface area (Å²) in [5.74, 6) is 0. The van der Waals surface area contributed by atoms with Crippen LogP contribution in [0, 0.1) is 0 Å². The van der Waals surface area contributed by atoms with Crippen LogP contribution in [0.2, 0.25) is 0 Å². The van der Waals surface area contributed by atoms with Gasteiger partial charge in [0.15, 0.2) is 0 Å². The van der Waals surface area contributed by atoms with Crippen LogP contribution in [0.1, 0.15) is 5.56 Å². The van der Waals surface area contributed by atoms with E-state index >= 15 is 0 Å². The lowest BCUT2D eigenvalue weighted by Gasteiger charge is -2.10. The number of hydrogen-bond donors (Lipinski definition) is 2. The largest absolute Gasteiger partial charge is 0.392 e. The summed E-state index contributed by atoms with van der Waals surface area (Å²) in [4.78, 5) is 0. The van der Waals surface area contributed by atoms with Gasteiger partial charge in [-0.2, -0.15) is 0 Å². The Labute approximate surface area is 233 Å². The molecular weight excluding hydrogens is 488 g/mol. The second-order valence-electron chi connectivity index (χ2n) is 10.1. The van der Waals surface area contributed by atoms with Gasteiger partial charge in [0.1, 0.15) is 0 Å². The molecule has 3 nitrogen and oxygen atoms in total. The molecular formula is C37H28N2O. The zero-order valence-electron chi connectivity index (χ0n) is 22.0. The first kappa shape index (κ1) is 24.0. The van der Waals surface area contributed by atoms with Gasteiger partial charge < -0.3 is 15.0 Å². The molecule has 0 unspecified atom stereocenters. The van der Waals surface area contributed by atoms with Gasteiger partial charge in [0.25, 0.3) is 0 Å². The van der Waals surface area contributed by atoms with E-state index in [-0.39, 0.29) is 6.61 Å². The molecule has 0 spiro atoms. The van der Waals surface area contributed by atoms with Crippen LogP contribution in [0.5, 0.6) is 0 Å². The van der Waals surface area contributed by atoms with Crippen molar-refractivity contribution >= 4 is 33.2 Å². The second-order valence-corrected chi connectivity index (χ2v) is 10.1. The van der Waals surface area contributed by atoms with Crippen molar-refractivity contribution in [3.63, 3.8) is 0 Å². The Morgan fingerprint density at radius 1 is 0.475 bits per heavy atom. The van der Waals surface area contributed by atoms with Gasteiger partial charge in [-0.05, 0) is 82.4 Å². The fourth-order valence-electron chi connectivity index (χ4n) is 5.47. The van der Waals surface area contributed by atoms with Crippen LogP contribution in [0.15, 0.2) is 146 Å². The summed E-state index contributed by atoms with van der Waals surface area (Å²) >= 11 is 0. The van der Waals surface area contributed by atoms with Gasteiger partial charge in [0.2, 0.25) is 0 Å². The van der Waals surface area contributed by atoms with Crippen LogP contribution in [-0.4, -0.2) is 9.67 Å². The number of anilines is 2. The maximum absolute atomic E-state index is 9.47. The standard InChI is InChI=1S/C37H28N2O/c40-25-26-10-21-33(22-11-26)39-36-9-5-4-8-34(36)35-24-30(16-23-37(35)39)29-14-19-32(20-15-29)38-31-17-12-28(13-18-31)27-6-2-1-3-7-27/h1-24,38,40H,25H2. The zero-order valence-corrected chi connectivity index (χ0v) is 22.0. The summed E-state index contributed by atoms with van der Waals surface area (Å²) in [6.45, 7) is 0.0473. The van der Waals surface area contributed by atoms with E-state index in [0.29, 0.717) is 0 Å². The Hall–Kier alpha value is -5.12. The Kier molecular flexibility index (Phi) is 6.12. The fourth-order valence-corrected chi connectivity index (χ4v) is 5.47. The van der Waals surface area contributed by atoms with Crippen LogP contribution >= 0.6 is 0 Å². The second kappa shape index (κ2) is 10.2. The number of aromatic nitrogens is 1. The number of fused-ring (bicyclic) bond motifs is 3. The molecule has 0 radical (unpaired) electrons. The van der Waals surface area contributed by atoms with E-state index in [2.05, 4.69) is 137 Å². The molecule has 0 saturated carbocycles. The molecule has 0 atom stereocenters. The predicted molar refractivity (Wildman–Crippen MR) is 167 cm³/mol. The third-order valence-corrected chi connectivity index (χ3v) is 7.55. The lowest BCUT2D eigenvalue weighted by Crippen LogP contribution is -1.94. The summed E-state index contributed by atoms with van der Waals surface area (Å²) in [5, 5.41) is 15.4. The molecule has 6 aromatic carbocycles. The van der Waals surface area contributed by atoms with E-state index in [1.165, 1.54) is 44.1 Å². The molecule has 1 aromatic heterocycles. The average molecular weight is 517 g/mol. The van der Waals surface area contributed by atoms with Gasteiger partial charge >= 0.3 is 0 Å². The summed E-state index contributed by atoms with van der Waals surface area (Å²) in [5.41, 5.74) is 11.2. The Bertz CT molecular complexity index is 1920. The van der Waals surface area contributed by atoms with Crippen molar-refractivity contribution < 1.29 is 5.11 Å². The van der Waals surface area contributed by atoms with Gasteiger partial charge in [-0.3, -0.25) is 0 Å². The third-order valence-electron chi connectivity index (χ3n) is 7.55. The lowest BCUT2D eigenvalue weighted by molar-refractivity contribution is 0.282. The fraction of sp³-hybridized carbons (Fsp3) is 0.0270. The number of para-hydroxylation sites is 1. The number of aliphatic hydroxyl groups is 1. The number of hydrogen-bond acceptors (Lipinski definition) is 2. The first-order chi connectivity index (χ1) is 19.8. The normalized spacial score (nSPS) is 11.2. The number of aliphatic hydroxyl groups excluding tert-OH is 1. The smallest absolute Gasteiger partial charge is 0.0681 e. The van der Waals surface area contributed by atoms with Crippen molar-refractivity contribution in [1.29, 1.82) is 0 Å². The van der Waals surface area contributed by atoms with Crippen molar-refractivity contribution in [1.82, 2.24) is 4.57 Å². The summed E-state index contributed by atoms with van der Waals surface area (Å²) in [6, 6.07) is 51.0. The number of rotatable bonds is 6. The Morgan fingerprint density at radius 3 is 1.70 bits per heavy atom. The zero-order chi connectivity index (χ0) is 26.9. The summed E-state index contributed by atoms with van der Waals surface area (Å²) in [6.07, 6.45) is 0. The highest BCUT2D eigenvalue weighted by atomic mass is 16.3. The first-order valence-corrected chi connectivity index (χ1v) is 13.5. The van der Waals surface area contributed by atoms with E-state index in [1.807, 2.05) is 18.2 Å². The molecule has 0 saturated heterocycles. The predicted octanol–water partition coefficient (Wildman–Crippen LogP) is 9.35. The van der Waals surface area contributed by atoms with E-state index in [4.69, 9.17) is 0 Å². The number of nitrogens with zero attached hydrogens (tertiary/aromatic N) is 1. The summed E-state index contributed by atoms with van der Waals surface area (Å²) in [7, 11) is 0. The SMILES string of the molecule is OCc1ccc(-n2c3ccccc3c3cc(-c4ccc(Nc5ccc(-c6ccccc6)cc5)cc4)ccc32)cc1. The maximum Gasteiger partial charge on any atom is 0.0681 e. The molecule has 1 heterocycles. The van der Waals surface area contributed by atoms with Crippen molar-refractivity contribution in [3.8, 4) is 27.9 Å². The maximum atomic E-state index is 9.47. The van der Waals surface area contributed by atoms with Crippen LogP contribution in [0.3, 0.4) is 0 Å². The average Bonchev–Trinajstić information content (AvgIpc) is 3.36. The van der Waals surface area contributed by atoms with Crippen LogP contribution < -0.4 is 5.32 Å². The molecule has 0 aliphatic rings. The van der Waals surface area contributed by atoms with Crippen molar-refractivity contribution in [3.05, 3.63) is 151 Å². The molecule has 0 aliphatic carbocycles. The number of nitrogens with one attached hydrogen (secondary N) is 1. The van der Waals surface area contributed by atoms with Crippen molar-refractivity contribution in [2.24, 2.45) is 0 Å². The molecule has 0 fully saturated rings. The highest BCUT2D eigenvalue weighted by Gasteiger charge is 2.13. The van der Waals surface area contributed by atoms with E-state index in [9.17, 15) is 5.11 Å². The topological polar surface area (TPSA) is 37.2 Å². The minimum Gasteiger partial charge on any atom is -0.392 e. The van der Waals surface area contributed by atoms with E-state index in [1.54, 1.807) is 0 Å². The molecule has 7 aromatic rings. The molecule has 0 bridgehead atoms. The Morgan fingerprint density at radius 2 is 1.02 bits per heavy atom. The lowest BCUT2D eigenvalue weighted by atomic mass is 10.0. The van der Waals surface area contributed by atoms with Gasteiger partial charge in [0, 0.05) is 27.8 Å². The molecule has 0 amide bonds. The van der Waals surface area contributed by atoms with Gasteiger partial charge in [0.05, 0.1) is 17.6 Å². The third kappa shape index (κ3) is 4.43. The Balaban J connectivity index is 1.18. The highest BCUT2D eigenvalue weighted by molar-refractivity contribution is 6.10. The minimum absolute atomic E-state index is 0.0473. The van der Waals surface area contributed by atoms with Crippen LogP contribution in [0.4, 0.5) is 11.4 Å². The van der Waals surface area contributed by atoms with Crippen molar-refractivity contribution in [2.45, 2.75) is 6.61 Å². The van der Waals surface area contributed by atoms with Gasteiger partial charge in [-0.25, -0.2) is 0 Å². The molecule has 192 valence electrons. The molecule has 2 N–H and O–H groups in total. The molecule has 40 heavy (non-hydrogen) atoms. The van der Waals surface area contributed by atoms with Crippen LogP contribution in [-0.2, 0) is 6.61 Å². The number of benzene rings is 6. The highest BCUT2D eigenvalue weighted by Crippen LogP contribution is 2.35. The van der Waals surface area contributed by atoms with Crippen molar-refractivity contribution in [2.75, 3.05) is 5.32 Å². The molecule has 0 aliphatic heterocycles. The van der Waals surface area contributed by atoms with Gasteiger partial charge in [-0.15, -0.1) is 0 Å². The van der Waals surface area contributed by atoms with E-state index in [0.717, 1.165) is 22.6 Å². The van der Waals surface area contributed by atoms with E-state index < -0.39 is 0 Å². The van der Waals surface area contributed by atoms with Gasteiger partial charge in [-0.1, -0.05) is 91.0 Å². The minimum atomic E-state index is 0.0473. The molecule has 7 rings (SSSR count).